The number of aliphatic hydroxyl groups excluding tert-OH is 11. The molecule has 3 saturated heterocycles. The first-order valence-corrected chi connectivity index (χ1v) is 30.9. The Hall–Kier alpha value is -2.25. The molecule has 3 heterocycles. The van der Waals surface area contributed by atoms with Crippen molar-refractivity contribution in [1.29, 1.82) is 0 Å². The maximum atomic E-state index is 13.3. The van der Waals surface area contributed by atoms with E-state index in [2.05, 4.69) is 67.8 Å². The van der Waals surface area contributed by atoms with Gasteiger partial charge in [0.05, 0.1) is 38.6 Å². The van der Waals surface area contributed by atoms with Gasteiger partial charge >= 0.3 is 0 Å². The van der Waals surface area contributed by atoms with E-state index in [1.54, 1.807) is 0 Å². The topological polar surface area (TPSA) is 307 Å². The first-order chi connectivity index (χ1) is 38.8. The van der Waals surface area contributed by atoms with Crippen LogP contribution in [0.25, 0.3) is 0 Å². The van der Waals surface area contributed by atoms with Gasteiger partial charge in [0.2, 0.25) is 5.91 Å². The van der Waals surface area contributed by atoms with Gasteiger partial charge in [-0.15, -0.1) is 0 Å². The van der Waals surface area contributed by atoms with Gasteiger partial charge in [-0.05, 0) is 51.4 Å². The highest BCUT2D eigenvalue weighted by atomic mass is 16.8. The molecule has 0 saturated carbocycles. The SMILES string of the molecule is CC/C=C\C/C=C\C/C=C\C/C=C\CCCCCCCCCCCCCCCCCCC(=O)NC(COC1OC(CO)C(OC2OC(CO)C(OC3OC(CO)C(O)C(O)C3O)C(O)C2O)C(O)C1O)C(O)CCCCCCCC. The van der Waals surface area contributed by atoms with Crippen LogP contribution in [0.2, 0.25) is 0 Å². The van der Waals surface area contributed by atoms with Crippen LogP contribution < -0.4 is 5.32 Å². The third kappa shape index (κ3) is 27.6. The van der Waals surface area contributed by atoms with Crippen molar-refractivity contribution in [3.8, 4) is 0 Å². The third-order valence-corrected chi connectivity index (χ3v) is 15.4. The summed E-state index contributed by atoms with van der Waals surface area (Å²) >= 11 is 0. The fourth-order valence-corrected chi connectivity index (χ4v) is 10.4. The lowest BCUT2D eigenvalue weighted by atomic mass is 9.96. The minimum Gasteiger partial charge on any atom is -0.394 e. The molecule has 3 rings (SSSR count). The first-order valence-electron chi connectivity index (χ1n) is 30.9. The number of carbonyl (C=O) groups excluding carboxylic acids is 1. The lowest BCUT2D eigenvalue weighted by molar-refractivity contribution is -0.379. The fourth-order valence-electron chi connectivity index (χ4n) is 10.4. The molecule has 0 spiro atoms. The van der Waals surface area contributed by atoms with E-state index >= 15 is 0 Å². The Morgan fingerprint density at radius 3 is 1.35 bits per heavy atom. The minimum atomic E-state index is -1.97. The lowest BCUT2D eigenvalue weighted by Crippen LogP contribution is -2.66. The second-order valence-electron chi connectivity index (χ2n) is 22.1. The Bertz CT molecular complexity index is 1650. The molecule has 1 amide bonds. The largest absolute Gasteiger partial charge is 0.394 e. The van der Waals surface area contributed by atoms with Crippen LogP contribution in [0, 0.1) is 0 Å². The van der Waals surface area contributed by atoms with Crippen molar-refractivity contribution >= 4 is 5.91 Å². The molecule has 466 valence electrons. The van der Waals surface area contributed by atoms with Crippen LogP contribution in [0.15, 0.2) is 48.6 Å². The Balaban J connectivity index is 1.34. The van der Waals surface area contributed by atoms with E-state index in [1.165, 1.54) is 83.5 Å². The van der Waals surface area contributed by atoms with Crippen LogP contribution in [0.3, 0.4) is 0 Å². The van der Waals surface area contributed by atoms with E-state index < -0.39 is 124 Å². The van der Waals surface area contributed by atoms with Crippen LogP contribution in [0.4, 0.5) is 0 Å². The summed E-state index contributed by atoms with van der Waals surface area (Å²) in [5.74, 6) is -0.250. The summed E-state index contributed by atoms with van der Waals surface area (Å²) in [5, 5.41) is 120. The van der Waals surface area contributed by atoms with Gasteiger partial charge in [0.1, 0.15) is 73.2 Å². The normalized spacial score (nSPS) is 30.3. The average Bonchev–Trinajstić information content (AvgIpc) is 3.45. The summed E-state index contributed by atoms with van der Waals surface area (Å²) < 4.78 is 34.2. The van der Waals surface area contributed by atoms with E-state index in [0.29, 0.717) is 12.8 Å². The molecule has 19 heteroatoms. The van der Waals surface area contributed by atoms with Gasteiger partial charge in [-0.2, -0.15) is 0 Å². The maximum Gasteiger partial charge on any atom is 0.220 e. The van der Waals surface area contributed by atoms with Crippen LogP contribution in [0.5, 0.6) is 0 Å². The smallest absolute Gasteiger partial charge is 0.220 e. The van der Waals surface area contributed by atoms with Crippen molar-refractivity contribution in [1.82, 2.24) is 5.32 Å². The molecule has 0 aromatic heterocycles. The van der Waals surface area contributed by atoms with E-state index in [-0.39, 0.29) is 18.9 Å². The number of nitrogens with one attached hydrogen (secondary N) is 1. The number of aliphatic hydroxyl groups is 11. The number of carbonyl (C=O) groups is 1. The van der Waals surface area contributed by atoms with Crippen molar-refractivity contribution in [2.24, 2.45) is 0 Å². The molecular formula is C61H109NO18. The van der Waals surface area contributed by atoms with E-state index in [9.17, 15) is 61.0 Å². The number of unbranched alkanes of at least 4 members (excludes halogenated alkanes) is 21. The molecule has 3 aliphatic rings. The van der Waals surface area contributed by atoms with Crippen molar-refractivity contribution in [2.45, 2.75) is 304 Å². The van der Waals surface area contributed by atoms with Gasteiger partial charge in [-0.1, -0.05) is 191 Å². The van der Waals surface area contributed by atoms with Crippen molar-refractivity contribution in [3.63, 3.8) is 0 Å². The second kappa shape index (κ2) is 44.3. The molecule has 19 nitrogen and oxygen atoms in total. The van der Waals surface area contributed by atoms with Crippen LogP contribution >= 0.6 is 0 Å². The van der Waals surface area contributed by atoms with Gasteiger partial charge in [0, 0.05) is 6.42 Å². The van der Waals surface area contributed by atoms with Crippen molar-refractivity contribution < 1.29 is 89.4 Å². The fraction of sp³-hybridized carbons (Fsp3) is 0.852. The number of rotatable bonds is 45. The molecule has 80 heavy (non-hydrogen) atoms. The molecular weight excluding hydrogens is 1030 g/mol. The van der Waals surface area contributed by atoms with Crippen LogP contribution in [-0.4, -0.2) is 193 Å². The predicted molar refractivity (Wildman–Crippen MR) is 305 cm³/mol. The summed E-state index contributed by atoms with van der Waals surface area (Å²) in [6, 6.07) is -0.883. The zero-order valence-electron chi connectivity index (χ0n) is 48.5. The summed E-state index contributed by atoms with van der Waals surface area (Å²) in [7, 11) is 0. The maximum absolute atomic E-state index is 13.3. The number of ether oxygens (including phenoxy) is 6. The Morgan fingerprint density at radius 2 is 0.863 bits per heavy atom. The summed E-state index contributed by atoms with van der Waals surface area (Å²) in [6.07, 6.45) is 22.7. The zero-order valence-corrected chi connectivity index (χ0v) is 48.5. The molecule has 0 bridgehead atoms. The summed E-state index contributed by atoms with van der Waals surface area (Å²) in [4.78, 5) is 13.3. The van der Waals surface area contributed by atoms with Gasteiger partial charge < -0.3 is 89.9 Å². The third-order valence-electron chi connectivity index (χ3n) is 15.4. The summed E-state index contributed by atoms with van der Waals surface area (Å²) in [5.41, 5.74) is 0. The zero-order chi connectivity index (χ0) is 58.3. The highest BCUT2D eigenvalue weighted by Gasteiger charge is 2.53. The molecule has 0 aliphatic carbocycles. The first kappa shape index (κ1) is 72.0. The minimum absolute atomic E-state index is 0.250. The number of amides is 1. The highest BCUT2D eigenvalue weighted by Crippen LogP contribution is 2.33. The van der Waals surface area contributed by atoms with Crippen LogP contribution in [0.1, 0.15) is 200 Å². The molecule has 17 atom stereocenters. The monoisotopic (exact) mass is 1140 g/mol. The second-order valence-corrected chi connectivity index (χ2v) is 22.1. The highest BCUT2D eigenvalue weighted by molar-refractivity contribution is 5.76. The van der Waals surface area contributed by atoms with Gasteiger partial charge in [0.25, 0.3) is 0 Å². The van der Waals surface area contributed by atoms with Crippen LogP contribution in [-0.2, 0) is 33.2 Å². The molecule has 0 aromatic rings. The molecule has 3 aliphatic heterocycles. The van der Waals surface area contributed by atoms with E-state index in [1.807, 2.05) is 0 Å². The van der Waals surface area contributed by atoms with Gasteiger partial charge in [-0.25, -0.2) is 0 Å². The standard InChI is InChI=1S/C61H109NO18/c1-3-5-7-9-11-12-13-14-15-16-17-18-19-20-21-22-23-24-25-26-27-28-29-30-31-32-33-35-37-39-49(67)62-44(45(66)38-36-34-10-8-6-4-2)43-75-59-55(73)52(70)57(47(41-64)77-59)80-61-56(74)53(71)58(48(42-65)78-61)79-60-54(72)51(69)50(68)46(40-63)76-60/h5,7,11-12,14-15,17-18,44-48,50-61,63-66,68-74H,3-4,6,8-10,13,16,19-43H2,1-2H3,(H,62,67)/b7-5-,12-11-,15-14-,18-17-. The van der Waals surface area contributed by atoms with E-state index in [4.69, 9.17) is 28.4 Å². The van der Waals surface area contributed by atoms with Gasteiger partial charge in [-0.3, -0.25) is 4.79 Å². The van der Waals surface area contributed by atoms with Crippen molar-refractivity contribution in [3.05, 3.63) is 48.6 Å². The molecule has 0 radical (unpaired) electrons. The molecule has 0 aromatic carbocycles. The Labute approximate surface area is 478 Å². The van der Waals surface area contributed by atoms with Gasteiger partial charge in [0.15, 0.2) is 18.9 Å². The molecule has 3 fully saturated rings. The molecule has 17 unspecified atom stereocenters. The Morgan fingerprint density at radius 1 is 0.463 bits per heavy atom. The number of hydrogen-bond donors (Lipinski definition) is 12. The summed E-state index contributed by atoms with van der Waals surface area (Å²) in [6.45, 7) is 1.59. The number of allylic oxidation sites excluding steroid dienone is 8. The Kier molecular flexibility index (Phi) is 39.8. The lowest BCUT2D eigenvalue weighted by Gasteiger charge is -2.48. The quantitative estimate of drug-likeness (QED) is 0.0250. The predicted octanol–water partition coefficient (Wildman–Crippen LogP) is 5.87. The average molecular weight is 1140 g/mol. The number of hydrogen-bond acceptors (Lipinski definition) is 18. The van der Waals surface area contributed by atoms with Crippen molar-refractivity contribution in [2.75, 3.05) is 26.4 Å². The van der Waals surface area contributed by atoms with E-state index in [0.717, 1.165) is 83.5 Å². The molecule has 12 N–H and O–H groups in total.